The average molecular weight is 348 g/mol. The third kappa shape index (κ3) is 3.67. The molecule has 0 aliphatic heterocycles. The molecule has 0 fully saturated rings. The quantitative estimate of drug-likeness (QED) is 0.722. The first-order chi connectivity index (χ1) is 12.7. The highest BCUT2D eigenvalue weighted by atomic mass is 16.1. The lowest BCUT2D eigenvalue weighted by Gasteiger charge is -2.22. The minimum atomic E-state index is -0.238. The Balaban J connectivity index is 2.03. The number of fused-ring (bicyclic) bond motifs is 1. The van der Waals surface area contributed by atoms with Crippen LogP contribution in [0.2, 0.25) is 0 Å². The molecule has 3 rings (SSSR count). The van der Waals surface area contributed by atoms with Crippen LogP contribution < -0.4 is 10.2 Å². The fraction of sp³-hybridized carbons (Fsp3) is 0.286. The molecule has 0 aliphatic carbocycles. The van der Waals surface area contributed by atoms with Gasteiger partial charge in [-0.2, -0.15) is 0 Å². The van der Waals surface area contributed by atoms with Crippen molar-refractivity contribution in [3.8, 4) is 0 Å². The van der Waals surface area contributed by atoms with Crippen LogP contribution in [0.25, 0.3) is 11.0 Å². The van der Waals surface area contributed by atoms with E-state index in [0.717, 1.165) is 36.2 Å². The summed E-state index contributed by atoms with van der Waals surface area (Å²) >= 11 is 0. The van der Waals surface area contributed by atoms with Crippen LogP contribution in [0.1, 0.15) is 36.8 Å². The van der Waals surface area contributed by atoms with Crippen LogP contribution in [0.4, 0.5) is 11.5 Å². The second-order valence-corrected chi connectivity index (χ2v) is 6.06. The van der Waals surface area contributed by atoms with E-state index in [4.69, 9.17) is 4.98 Å². The predicted octanol–water partition coefficient (Wildman–Crippen LogP) is 4.29. The molecule has 0 spiro atoms. The lowest BCUT2D eigenvalue weighted by Crippen LogP contribution is -2.27. The monoisotopic (exact) mass is 348 g/mol. The van der Waals surface area contributed by atoms with Crippen molar-refractivity contribution in [2.45, 2.75) is 27.2 Å². The maximum atomic E-state index is 13.0. The van der Waals surface area contributed by atoms with Gasteiger partial charge in [0.25, 0.3) is 5.91 Å². The van der Waals surface area contributed by atoms with Crippen molar-refractivity contribution in [3.63, 3.8) is 0 Å². The predicted molar refractivity (Wildman–Crippen MR) is 107 cm³/mol. The molecule has 0 atom stereocenters. The summed E-state index contributed by atoms with van der Waals surface area (Å²) in [6.07, 6.45) is 0.921. The molecule has 134 valence electrons. The summed E-state index contributed by atoms with van der Waals surface area (Å²) in [4.78, 5) is 24.4. The zero-order valence-corrected chi connectivity index (χ0v) is 15.5. The van der Waals surface area contributed by atoms with Crippen LogP contribution in [0.5, 0.6) is 0 Å². The molecule has 1 aromatic heterocycles. The Morgan fingerprint density at radius 3 is 2.31 bits per heavy atom. The van der Waals surface area contributed by atoms with Gasteiger partial charge in [-0.15, -0.1) is 0 Å². The van der Waals surface area contributed by atoms with Gasteiger partial charge in [0.15, 0.2) is 11.5 Å². The topological polar surface area (TPSA) is 58.1 Å². The summed E-state index contributed by atoms with van der Waals surface area (Å²) in [5.41, 5.74) is 3.82. The third-order valence-electron chi connectivity index (χ3n) is 4.42. The maximum Gasteiger partial charge on any atom is 0.278 e. The van der Waals surface area contributed by atoms with E-state index in [1.807, 2.05) is 62.4 Å². The van der Waals surface area contributed by atoms with E-state index in [0.29, 0.717) is 11.5 Å². The number of amides is 1. The molecule has 0 saturated carbocycles. The van der Waals surface area contributed by atoms with E-state index in [1.54, 1.807) is 0 Å². The Morgan fingerprint density at radius 2 is 1.65 bits per heavy atom. The number of carbonyl (C=O) groups excluding carboxylic acids is 1. The van der Waals surface area contributed by atoms with Crippen molar-refractivity contribution < 1.29 is 4.79 Å². The Morgan fingerprint density at radius 1 is 0.962 bits per heavy atom. The van der Waals surface area contributed by atoms with Gasteiger partial charge < -0.3 is 10.2 Å². The summed E-state index contributed by atoms with van der Waals surface area (Å²) in [5, 5.41) is 2.97. The molecule has 0 aliphatic rings. The van der Waals surface area contributed by atoms with E-state index < -0.39 is 0 Å². The van der Waals surface area contributed by atoms with Crippen LogP contribution in [0.15, 0.2) is 48.5 Å². The lowest BCUT2D eigenvalue weighted by atomic mass is 10.1. The standard InChI is InChI=1S/C21H24N4O/c1-4-15-10-9-11-16(14-15)22-21(26)19-20(25(5-2)6-3)24-18-13-8-7-12-17(18)23-19/h7-14H,4-6H2,1-3H3,(H,22,26). The SMILES string of the molecule is CCc1cccc(NC(=O)c2nc3ccccc3nc2N(CC)CC)c1. The first kappa shape index (κ1) is 17.9. The van der Waals surface area contributed by atoms with Crippen molar-refractivity contribution in [2.24, 2.45) is 0 Å². The van der Waals surface area contributed by atoms with E-state index >= 15 is 0 Å². The second-order valence-electron chi connectivity index (χ2n) is 6.06. The maximum absolute atomic E-state index is 13.0. The largest absolute Gasteiger partial charge is 0.355 e. The number of hydrogen-bond donors (Lipinski definition) is 1. The lowest BCUT2D eigenvalue weighted by molar-refractivity contribution is 0.102. The number of rotatable bonds is 6. The molecule has 2 aromatic carbocycles. The summed E-state index contributed by atoms with van der Waals surface area (Å²) < 4.78 is 0. The van der Waals surface area contributed by atoms with Crippen molar-refractivity contribution >= 4 is 28.4 Å². The van der Waals surface area contributed by atoms with Gasteiger partial charge in [0.1, 0.15) is 0 Å². The van der Waals surface area contributed by atoms with E-state index in [9.17, 15) is 4.79 Å². The minimum Gasteiger partial charge on any atom is -0.355 e. The van der Waals surface area contributed by atoms with Gasteiger partial charge in [-0.3, -0.25) is 4.79 Å². The molecule has 1 heterocycles. The van der Waals surface area contributed by atoms with Crippen LogP contribution in [0.3, 0.4) is 0 Å². The third-order valence-corrected chi connectivity index (χ3v) is 4.42. The molecular weight excluding hydrogens is 324 g/mol. The molecule has 0 unspecified atom stereocenters. The molecule has 1 amide bonds. The number of anilines is 2. The van der Waals surface area contributed by atoms with Gasteiger partial charge in [-0.25, -0.2) is 9.97 Å². The normalized spacial score (nSPS) is 10.7. The van der Waals surface area contributed by atoms with Crippen molar-refractivity contribution in [1.29, 1.82) is 0 Å². The van der Waals surface area contributed by atoms with Crippen molar-refractivity contribution in [2.75, 3.05) is 23.3 Å². The molecule has 5 heteroatoms. The van der Waals surface area contributed by atoms with Gasteiger partial charge in [0, 0.05) is 18.8 Å². The van der Waals surface area contributed by atoms with Crippen LogP contribution in [-0.4, -0.2) is 29.0 Å². The number of aryl methyl sites for hydroxylation is 1. The zero-order chi connectivity index (χ0) is 18.5. The first-order valence-electron chi connectivity index (χ1n) is 9.08. The molecule has 0 saturated heterocycles. The highest BCUT2D eigenvalue weighted by molar-refractivity contribution is 6.07. The van der Waals surface area contributed by atoms with Crippen LogP contribution in [-0.2, 0) is 6.42 Å². The van der Waals surface area contributed by atoms with Gasteiger partial charge in [0.2, 0.25) is 0 Å². The number of benzene rings is 2. The summed E-state index contributed by atoms with van der Waals surface area (Å²) in [5.74, 6) is 0.385. The van der Waals surface area contributed by atoms with E-state index in [2.05, 4.69) is 22.1 Å². The summed E-state index contributed by atoms with van der Waals surface area (Å²) in [7, 11) is 0. The van der Waals surface area contributed by atoms with Gasteiger partial charge in [-0.05, 0) is 50.1 Å². The smallest absolute Gasteiger partial charge is 0.278 e. The molecule has 1 N–H and O–H groups in total. The molecule has 26 heavy (non-hydrogen) atoms. The average Bonchev–Trinajstić information content (AvgIpc) is 2.68. The Kier molecular flexibility index (Phi) is 5.46. The molecule has 0 bridgehead atoms. The summed E-state index contributed by atoms with van der Waals surface area (Å²) in [6.45, 7) is 7.71. The highest BCUT2D eigenvalue weighted by Gasteiger charge is 2.20. The van der Waals surface area contributed by atoms with Gasteiger partial charge >= 0.3 is 0 Å². The summed E-state index contributed by atoms with van der Waals surface area (Å²) in [6, 6.07) is 15.5. The van der Waals surface area contributed by atoms with Gasteiger partial charge in [-0.1, -0.05) is 31.2 Å². The van der Waals surface area contributed by atoms with Gasteiger partial charge in [0.05, 0.1) is 11.0 Å². The fourth-order valence-corrected chi connectivity index (χ4v) is 2.95. The van der Waals surface area contributed by atoms with Crippen molar-refractivity contribution in [1.82, 2.24) is 9.97 Å². The number of nitrogens with zero attached hydrogens (tertiary/aromatic N) is 3. The Bertz CT molecular complexity index is 919. The van der Waals surface area contributed by atoms with Crippen LogP contribution >= 0.6 is 0 Å². The number of carbonyl (C=O) groups is 1. The molecule has 3 aromatic rings. The van der Waals surface area contributed by atoms with Crippen LogP contribution in [0, 0.1) is 0 Å². The minimum absolute atomic E-state index is 0.238. The second kappa shape index (κ2) is 7.95. The molecular formula is C21H24N4O. The fourth-order valence-electron chi connectivity index (χ4n) is 2.95. The van der Waals surface area contributed by atoms with E-state index in [-0.39, 0.29) is 5.91 Å². The number of aromatic nitrogens is 2. The number of para-hydroxylation sites is 2. The number of nitrogens with one attached hydrogen (secondary N) is 1. The zero-order valence-electron chi connectivity index (χ0n) is 15.5. The molecule has 5 nitrogen and oxygen atoms in total. The Labute approximate surface area is 154 Å². The van der Waals surface area contributed by atoms with Crippen molar-refractivity contribution in [3.05, 3.63) is 59.8 Å². The Hall–Kier alpha value is -2.95. The number of hydrogen-bond acceptors (Lipinski definition) is 4. The highest BCUT2D eigenvalue weighted by Crippen LogP contribution is 2.22. The molecule has 0 radical (unpaired) electrons. The van der Waals surface area contributed by atoms with E-state index in [1.165, 1.54) is 5.56 Å². The first-order valence-corrected chi connectivity index (χ1v) is 9.08.